The number of hydrogen-bond acceptors (Lipinski definition) is 4. The zero-order chi connectivity index (χ0) is 16.9. The molecule has 0 amide bonds. The molecule has 1 N–H and O–H groups in total. The molecule has 23 heavy (non-hydrogen) atoms. The van der Waals surface area contributed by atoms with Gasteiger partial charge in [0.25, 0.3) is 0 Å². The fraction of sp³-hybridized carbons (Fsp3) is 0.556. The Morgan fingerprint density at radius 1 is 1.04 bits per heavy atom. The number of hydrogen-bond donors (Lipinski definition) is 1. The molecule has 0 radical (unpaired) electrons. The lowest BCUT2D eigenvalue weighted by atomic mass is 9.63. The van der Waals surface area contributed by atoms with E-state index >= 15 is 0 Å². The van der Waals surface area contributed by atoms with Gasteiger partial charge in [0, 0.05) is 18.1 Å². The molecular formula is C18H20N2O3. The van der Waals surface area contributed by atoms with Crippen LogP contribution in [0.15, 0.2) is 22.8 Å². The first-order chi connectivity index (χ1) is 11.0. The van der Waals surface area contributed by atoms with Gasteiger partial charge >= 0.3 is 5.97 Å². The van der Waals surface area contributed by atoms with E-state index in [-0.39, 0.29) is 22.3 Å². The Bertz CT molecular complexity index is 635. The highest BCUT2D eigenvalue weighted by molar-refractivity contribution is 6.05. The number of ketones is 1. The molecule has 2 aliphatic carbocycles. The summed E-state index contributed by atoms with van der Waals surface area (Å²) in [7, 11) is 0. The van der Waals surface area contributed by atoms with Crippen molar-refractivity contribution in [3.63, 3.8) is 0 Å². The Morgan fingerprint density at radius 2 is 1.61 bits per heavy atom. The molecule has 2 saturated carbocycles. The van der Waals surface area contributed by atoms with Gasteiger partial charge in [-0.05, 0) is 30.3 Å². The predicted octanol–water partition coefficient (Wildman–Crippen LogP) is 3.43. The number of carboxylic acid groups (broad SMARTS) is 1. The average Bonchev–Trinajstić information content (AvgIpc) is 2.48. The largest absolute Gasteiger partial charge is 0.478 e. The maximum atomic E-state index is 12.6. The van der Waals surface area contributed by atoms with Gasteiger partial charge in [-0.2, -0.15) is 10.5 Å². The van der Waals surface area contributed by atoms with Crippen LogP contribution in [0.25, 0.3) is 0 Å². The SMILES string of the molecule is N#CC(C#N)=C1CC2(CCCCCCC2)CC(=O)/C1=C/C(=O)O. The van der Waals surface area contributed by atoms with Crippen molar-refractivity contribution in [3.05, 3.63) is 22.8 Å². The van der Waals surface area contributed by atoms with Crippen LogP contribution in [0.5, 0.6) is 0 Å². The lowest BCUT2D eigenvalue weighted by Gasteiger charge is -2.40. The molecule has 0 atom stereocenters. The summed E-state index contributed by atoms with van der Waals surface area (Å²) in [6.45, 7) is 0. The zero-order valence-corrected chi connectivity index (χ0v) is 13.1. The van der Waals surface area contributed by atoms with Crippen LogP contribution in [-0.2, 0) is 9.59 Å². The minimum absolute atomic E-state index is 0.0308. The van der Waals surface area contributed by atoms with E-state index in [0.29, 0.717) is 18.4 Å². The maximum absolute atomic E-state index is 12.6. The molecule has 1 spiro atoms. The Morgan fingerprint density at radius 3 is 2.13 bits per heavy atom. The van der Waals surface area contributed by atoms with Crippen molar-refractivity contribution in [2.45, 2.75) is 57.8 Å². The summed E-state index contributed by atoms with van der Waals surface area (Å²) in [5, 5.41) is 27.4. The van der Waals surface area contributed by atoms with Gasteiger partial charge < -0.3 is 5.11 Å². The van der Waals surface area contributed by atoms with Crippen LogP contribution in [0.2, 0.25) is 0 Å². The maximum Gasteiger partial charge on any atom is 0.329 e. The van der Waals surface area contributed by atoms with Gasteiger partial charge in [0.1, 0.15) is 17.7 Å². The fourth-order valence-corrected chi connectivity index (χ4v) is 3.82. The molecule has 0 aliphatic heterocycles. The lowest BCUT2D eigenvalue weighted by molar-refractivity contribution is -0.132. The van der Waals surface area contributed by atoms with E-state index in [1.165, 1.54) is 6.42 Å². The molecule has 0 saturated heterocycles. The summed E-state index contributed by atoms with van der Waals surface area (Å²) in [5.74, 6) is -1.48. The van der Waals surface area contributed by atoms with Gasteiger partial charge in [0.2, 0.25) is 0 Å². The monoisotopic (exact) mass is 312 g/mol. The quantitative estimate of drug-likeness (QED) is 0.590. The second kappa shape index (κ2) is 7.24. The first-order valence-electron chi connectivity index (χ1n) is 8.03. The van der Waals surface area contributed by atoms with Crippen LogP contribution in [0.3, 0.4) is 0 Å². The normalized spacial score (nSPS) is 22.8. The van der Waals surface area contributed by atoms with Crippen molar-refractivity contribution in [1.82, 2.24) is 0 Å². The van der Waals surface area contributed by atoms with E-state index < -0.39 is 5.97 Å². The van der Waals surface area contributed by atoms with Crippen LogP contribution >= 0.6 is 0 Å². The van der Waals surface area contributed by atoms with Crippen molar-refractivity contribution in [2.24, 2.45) is 5.41 Å². The fourth-order valence-electron chi connectivity index (χ4n) is 3.82. The third-order valence-electron chi connectivity index (χ3n) is 4.92. The van der Waals surface area contributed by atoms with E-state index in [2.05, 4.69) is 0 Å². The van der Waals surface area contributed by atoms with Gasteiger partial charge in [-0.15, -0.1) is 0 Å². The third-order valence-corrected chi connectivity index (χ3v) is 4.92. The van der Waals surface area contributed by atoms with Gasteiger partial charge in [-0.25, -0.2) is 4.79 Å². The summed E-state index contributed by atoms with van der Waals surface area (Å²) in [4.78, 5) is 23.6. The number of aliphatic carboxylic acids is 1. The molecule has 5 heteroatoms. The van der Waals surface area contributed by atoms with Crippen LogP contribution in [0, 0.1) is 28.1 Å². The van der Waals surface area contributed by atoms with Crippen molar-refractivity contribution in [2.75, 3.05) is 0 Å². The number of carbonyl (C=O) groups is 2. The van der Waals surface area contributed by atoms with Crippen molar-refractivity contribution in [1.29, 1.82) is 10.5 Å². The number of carboxylic acids is 1. The summed E-state index contributed by atoms with van der Waals surface area (Å²) < 4.78 is 0. The third kappa shape index (κ3) is 3.87. The molecule has 2 aliphatic rings. The van der Waals surface area contributed by atoms with Crippen LogP contribution in [0.1, 0.15) is 57.8 Å². The van der Waals surface area contributed by atoms with E-state index in [1.807, 2.05) is 12.1 Å². The molecule has 2 fully saturated rings. The van der Waals surface area contributed by atoms with E-state index in [0.717, 1.165) is 44.6 Å². The summed E-state index contributed by atoms with van der Waals surface area (Å²) in [6.07, 6.45) is 8.96. The highest BCUT2D eigenvalue weighted by atomic mass is 16.4. The summed E-state index contributed by atoms with van der Waals surface area (Å²) in [5.41, 5.74) is 0.00578. The highest BCUT2D eigenvalue weighted by Gasteiger charge is 2.41. The van der Waals surface area contributed by atoms with Gasteiger partial charge in [0.15, 0.2) is 5.78 Å². The summed E-state index contributed by atoms with van der Waals surface area (Å²) >= 11 is 0. The molecule has 5 nitrogen and oxygen atoms in total. The number of carbonyl (C=O) groups excluding carboxylic acids is 1. The number of allylic oxidation sites excluding steroid dienone is 3. The molecule has 0 aromatic carbocycles. The van der Waals surface area contributed by atoms with E-state index in [4.69, 9.17) is 5.11 Å². The average molecular weight is 312 g/mol. The second-order valence-electron chi connectivity index (χ2n) is 6.52. The topological polar surface area (TPSA) is 102 Å². The Hall–Kier alpha value is -2.40. The molecule has 0 aromatic rings. The van der Waals surface area contributed by atoms with Crippen LogP contribution in [0.4, 0.5) is 0 Å². The van der Waals surface area contributed by atoms with Crippen molar-refractivity contribution in [3.8, 4) is 12.1 Å². The number of nitrogens with zero attached hydrogens (tertiary/aromatic N) is 2. The number of nitriles is 2. The Kier molecular flexibility index (Phi) is 5.34. The van der Waals surface area contributed by atoms with Crippen LogP contribution < -0.4 is 0 Å². The standard InChI is InChI=1S/C18H20N2O3/c19-11-13(12-20)15-9-18(6-4-2-1-3-5-7-18)10-16(21)14(15)8-17(22)23/h8H,1-7,9-10H2,(H,22,23)/b14-8+. The van der Waals surface area contributed by atoms with E-state index in [1.54, 1.807) is 0 Å². The first kappa shape index (κ1) is 17.0. The summed E-state index contributed by atoms with van der Waals surface area (Å²) in [6, 6.07) is 3.66. The lowest BCUT2D eigenvalue weighted by Crippen LogP contribution is -2.33. The van der Waals surface area contributed by atoms with Crippen LogP contribution in [-0.4, -0.2) is 16.9 Å². The molecule has 2 rings (SSSR count). The van der Waals surface area contributed by atoms with E-state index in [9.17, 15) is 20.1 Å². The molecule has 0 unspecified atom stereocenters. The number of Topliss-reactive ketones (excluding diaryl/α,β-unsaturated/α-hetero) is 1. The zero-order valence-electron chi connectivity index (χ0n) is 13.1. The molecule has 0 heterocycles. The smallest absolute Gasteiger partial charge is 0.329 e. The predicted molar refractivity (Wildman–Crippen MR) is 83.0 cm³/mol. The minimum Gasteiger partial charge on any atom is -0.478 e. The molecule has 120 valence electrons. The molecule has 0 aromatic heterocycles. The Labute approximate surface area is 135 Å². The van der Waals surface area contributed by atoms with Crippen molar-refractivity contribution >= 4 is 11.8 Å². The molecular weight excluding hydrogens is 292 g/mol. The number of rotatable bonds is 1. The van der Waals surface area contributed by atoms with Gasteiger partial charge in [-0.3, -0.25) is 4.79 Å². The minimum atomic E-state index is -1.23. The van der Waals surface area contributed by atoms with Gasteiger partial charge in [0.05, 0.1) is 0 Å². The Balaban J connectivity index is 2.47. The first-order valence-corrected chi connectivity index (χ1v) is 8.03. The van der Waals surface area contributed by atoms with Gasteiger partial charge in [-0.1, -0.05) is 32.1 Å². The second-order valence-corrected chi connectivity index (χ2v) is 6.52. The highest BCUT2D eigenvalue weighted by Crippen LogP contribution is 2.48. The molecule has 0 bridgehead atoms. The van der Waals surface area contributed by atoms with Crippen molar-refractivity contribution < 1.29 is 14.7 Å².